The smallest absolute Gasteiger partial charge is 0.137 e. The van der Waals surface area contributed by atoms with Gasteiger partial charge in [-0.3, -0.25) is 0 Å². The molecule has 3 heterocycles. The van der Waals surface area contributed by atoms with Gasteiger partial charge in [-0.05, 0) is 119 Å². The number of para-hydroxylation sites is 2. The van der Waals surface area contributed by atoms with E-state index >= 15 is 0 Å². The summed E-state index contributed by atoms with van der Waals surface area (Å²) in [6, 6.07) is 62.4. The zero-order valence-electron chi connectivity index (χ0n) is 42.4. The van der Waals surface area contributed by atoms with E-state index in [9.17, 15) is 0 Å². The summed E-state index contributed by atoms with van der Waals surface area (Å²) in [5, 5.41) is 12.2. The predicted molar refractivity (Wildman–Crippen MR) is 300 cm³/mol. The predicted octanol–water partition coefficient (Wildman–Crippen LogP) is 17.2. The highest BCUT2D eigenvalue weighted by atomic mass is 28.3. The third-order valence-electron chi connectivity index (χ3n) is 14.2. The summed E-state index contributed by atoms with van der Waals surface area (Å²) in [5.74, 6) is 0. The van der Waals surface area contributed by atoms with Gasteiger partial charge in [0.25, 0.3) is 0 Å². The molecule has 0 unspecified atom stereocenters. The topological polar surface area (TPSA) is 24.0 Å². The summed E-state index contributed by atoms with van der Waals surface area (Å²) in [4.78, 5) is 4.65. The maximum Gasteiger partial charge on any atom is 0.137 e. The van der Waals surface area contributed by atoms with Crippen LogP contribution >= 0.6 is 0 Å². The van der Waals surface area contributed by atoms with Gasteiger partial charge in [-0.25, -0.2) is 0 Å². The van der Waals surface area contributed by atoms with E-state index in [2.05, 4.69) is 208 Å². The largest absolute Gasteiger partial charge is 0.456 e. The van der Waals surface area contributed by atoms with Crippen molar-refractivity contribution in [1.82, 2.24) is 4.40 Å². The second kappa shape index (κ2) is 15.2. The van der Waals surface area contributed by atoms with Crippen molar-refractivity contribution in [3.05, 3.63) is 188 Å². The first-order valence-electron chi connectivity index (χ1n) is 24.9. The maximum absolute atomic E-state index is 8.41. The van der Waals surface area contributed by atoms with Crippen LogP contribution in [0.3, 0.4) is 0 Å². The molecular weight excluding hydrogens is 859 g/mol. The molecule has 0 fully saturated rings. The van der Waals surface area contributed by atoms with Gasteiger partial charge in [0.05, 0.1) is 41.1 Å². The van der Waals surface area contributed by atoms with Gasteiger partial charge in [-0.2, -0.15) is 0 Å². The molecule has 0 N–H and O–H groups in total. The Bertz CT molecular complexity index is 4010. The molecular formula is C62H57N3OSi2. The van der Waals surface area contributed by atoms with Gasteiger partial charge < -0.3 is 18.6 Å². The van der Waals surface area contributed by atoms with E-state index in [0.29, 0.717) is 12.1 Å². The number of fused-ring (bicyclic) bond motifs is 11. The molecule has 0 aliphatic carbocycles. The summed E-state index contributed by atoms with van der Waals surface area (Å²) in [6.45, 7) is 21.2. The van der Waals surface area contributed by atoms with Crippen LogP contribution in [0.2, 0.25) is 39.3 Å². The summed E-state index contributed by atoms with van der Waals surface area (Å²) in [6.07, 6.45) is 0. The average molecular weight is 918 g/mol. The lowest BCUT2D eigenvalue weighted by molar-refractivity contribution is 0.591. The molecule has 12 aromatic rings. The molecule has 68 heavy (non-hydrogen) atoms. The molecule has 0 atom stereocenters. The van der Waals surface area contributed by atoms with Crippen molar-refractivity contribution >= 4 is 131 Å². The Hall–Kier alpha value is -7.13. The Kier molecular flexibility index (Phi) is 8.93. The molecule has 0 radical (unpaired) electrons. The highest BCUT2D eigenvalue weighted by molar-refractivity contribution is 6.89. The molecule has 0 aliphatic rings. The minimum atomic E-state index is -1.54. The van der Waals surface area contributed by atoms with Crippen LogP contribution in [0.25, 0.3) is 70.8 Å². The van der Waals surface area contributed by atoms with Gasteiger partial charge in [-0.15, -0.1) is 0 Å². The molecule has 0 spiro atoms. The fraction of sp³-hybridized carbons (Fsp3) is 0.161. The van der Waals surface area contributed by atoms with Crippen molar-refractivity contribution < 1.29 is 7.16 Å². The number of hydrogen-bond donors (Lipinski definition) is 0. The van der Waals surface area contributed by atoms with E-state index in [-0.39, 0.29) is 5.41 Å². The van der Waals surface area contributed by atoms with Gasteiger partial charge in [0.15, 0.2) is 0 Å². The Morgan fingerprint density at radius 3 is 1.62 bits per heavy atom. The zero-order chi connectivity index (χ0) is 48.6. The molecule has 4 nitrogen and oxygen atoms in total. The Morgan fingerprint density at radius 2 is 1.00 bits per heavy atom. The molecule has 0 bridgehead atoms. The highest BCUT2D eigenvalue weighted by Gasteiger charge is 2.28. The molecule has 3 aromatic heterocycles. The number of aromatic nitrogens is 1. The molecule has 6 heteroatoms. The fourth-order valence-electron chi connectivity index (χ4n) is 10.6. The van der Waals surface area contributed by atoms with Crippen molar-refractivity contribution in [2.45, 2.75) is 65.5 Å². The van der Waals surface area contributed by atoms with Gasteiger partial charge in [-0.1, -0.05) is 149 Å². The second-order valence-corrected chi connectivity index (χ2v) is 31.9. The van der Waals surface area contributed by atoms with E-state index in [4.69, 9.17) is 7.16 Å². The number of furan rings is 1. The van der Waals surface area contributed by atoms with Gasteiger partial charge in [0.1, 0.15) is 11.2 Å². The number of rotatable bonds is 8. The van der Waals surface area contributed by atoms with Crippen LogP contribution in [0.5, 0.6) is 0 Å². The number of nitrogens with zero attached hydrogens (tertiary/aromatic N) is 3. The first-order chi connectivity index (χ1) is 33.4. The Labute approximate surface area is 403 Å². The zero-order valence-corrected chi connectivity index (χ0v) is 42.4. The average Bonchev–Trinajstić information content (AvgIpc) is 3.98. The summed E-state index contributed by atoms with van der Waals surface area (Å²) in [7, 11) is -3.04. The van der Waals surface area contributed by atoms with Crippen LogP contribution < -0.4 is 20.2 Å². The van der Waals surface area contributed by atoms with Crippen molar-refractivity contribution in [3.63, 3.8) is 0 Å². The lowest BCUT2D eigenvalue weighted by atomic mass is 9.86. The van der Waals surface area contributed by atoms with Crippen LogP contribution in [0, 0.1) is 0 Å². The molecule has 0 saturated heterocycles. The van der Waals surface area contributed by atoms with Crippen molar-refractivity contribution in [2.24, 2.45) is 0 Å². The highest BCUT2D eigenvalue weighted by Crippen LogP contribution is 2.50. The number of anilines is 6. The van der Waals surface area contributed by atoms with E-state index in [0.717, 1.165) is 61.4 Å². The van der Waals surface area contributed by atoms with Crippen LogP contribution in [0.15, 0.2) is 186 Å². The Balaban J connectivity index is 1.08. The second-order valence-electron chi connectivity index (χ2n) is 21.8. The van der Waals surface area contributed by atoms with Crippen LogP contribution in [0.1, 0.15) is 29.1 Å². The molecule has 0 aliphatic heterocycles. The lowest BCUT2D eigenvalue weighted by Crippen LogP contribution is -2.37. The molecule has 334 valence electrons. The quantitative estimate of drug-likeness (QED) is 0.142. The third-order valence-corrected chi connectivity index (χ3v) is 18.4. The maximum atomic E-state index is 8.41. The van der Waals surface area contributed by atoms with Gasteiger partial charge in [0.2, 0.25) is 0 Å². The summed E-state index contributed by atoms with van der Waals surface area (Å²) in [5.41, 5.74) is 12.8. The standard InChI is InChI=1S/C62H57N3OSi2/c1-62(2,3)41-21-34-54-53(37-41)60-56(64(43-18-14-11-15-19-43)45-24-29-48(30-25-45)68(7,8)9)35-32-50-59-51-39-52-49-31-26-46(38-58(49)66-57(52)36-40(51)20-33-55(59)65(54)61(50)60)63(42-16-12-10-13-17-42)44-22-27-47(28-23-44)67(4,5)6/h10-39H,1-9H3/i10D,11D. The number of hydrogen-bond acceptors (Lipinski definition) is 3. The van der Waals surface area contributed by atoms with Crippen LogP contribution in [-0.2, 0) is 5.41 Å². The van der Waals surface area contributed by atoms with E-state index < -0.39 is 16.1 Å². The van der Waals surface area contributed by atoms with Gasteiger partial charge in [0, 0.05) is 66.8 Å². The minimum Gasteiger partial charge on any atom is -0.456 e. The first-order valence-corrected chi connectivity index (χ1v) is 30.9. The molecule has 12 rings (SSSR count). The molecule has 9 aromatic carbocycles. The lowest BCUT2D eigenvalue weighted by Gasteiger charge is -2.27. The van der Waals surface area contributed by atoms with Crippen molar-refractivity contribution in [1.29, 1.82) is 0 Å². The molecule has 0 saturated carbocycles. The number of benzene rings is 9. The minimum absolute atomic E-state index is 0.0422. The van der Waals surface area contributed by atoms with Crippen molar-refractivity contribution in [2.75, 3.05) is 9.80 Å². The monoisotopic (exact) mass is 917 g/mol. The third kappa shape index (κ3) is 6.75. The normalized spacial score (nSPS) is 13.2. The van der Waals surface area contributed by atoms with E-state index in [1.165, 1.54) is 59.4 Å². The SMILES string of the molecule is [2H]c1ccc(N(c2ccc([Si](C)(C)C)cc2)c2ccc3c(c2)oc2cc4ccc5c(c4cc23)c2ccc(N(c3ccc([2H])cc3)c3ccc([Si](C)(C)C)cc3)c3c4cc(C(C)(C)C)ccc4n5c23)cc1. The first kappa shape index (κ1) is 40.0. The fourth-order valence-corrected chi connectivity index (χ4v) is 12.9. The summed E-state index contributed by atoms with van der Waals surface area (Å²) < 4.78 is 26.0. The van der Waals surface area contributed by atoms with E-state index in [1.807, 2.05) is 36.4 Å². The van der Waals surface area contributed by atoms with E-state index in [1.54, 1.807) is 0 Å². The van der Waals surface area contributed by atoms with Crippen LogP contribution in [0.4, 0.5) is 34.1 Å². The van der Waals surface area contributed by atoms with Crippen molar-refractivity contribution in [3.8, 4) is 0 Å². The molecule has 0 amide bonds. The Morgan fingerprint density at radius 1 is 0.456 bits per heavy atom. The van der Waals surface area contributed by atoms with Crippen LogP contribution in [-0.4, -0.2) is 20.5 Å². The summed E-state index contributed by atoms with van der Waals surface area (Å²) >= 11 is 0. The van der Waals surface area contributed by atoms with Gasteiger partial charge >= 0.3 is 0 Å².